The molecule has 28 heavy (non-hydrogen) atoms. The number of benzene rings is 2. The number of rotatable bonds is 6. The van der Waals surface area contributed by atoms with Crippen LogP contribution in [0.2, 0.25) is 0 Å². The van der Waals surface area contributed by atoms with Crippen LogP contribution in [-0.2, 0) is 11.3 Å². The van der Waals surface area contributed by atoms with Gasteiger partial charge in [-0.05, 0) is 41.3 Å². The fraction of sp³-hybridized carbons (Fsp3) is 0.273. The van der Waals surface area contributed by atoms with E-state index in [0.29, 0.717) is 12.6 Å². The smallest absolute Gasteiger partial charge is 0.168 e. The monoisotopic (exact) mass is 392 g/mol. The van der Waals surface area contributed by atoms with Crippen molar-refractivity contribution >= 4 is 29.0 Å². The highest BCUT2D eigenvalue weighted by atomic mass is 32.2. The van der Waals surface area contributed by atoms with Crippen LogP contribution in [0.5, 0.6) is 0 Å². The quantitative estimate of drug-likeness (QED) is 0.605. The standard InChI is InChI=1S/C22H24N4OS/c1-15(2)17-5-7-18(8-6-17)25-13-16-4-9-20-19(12-16)26(14-27-3)21-22(28-20)24-11-10-23-21/h4-12,15,25H,13-14H2,1-3H3. The Bertz CT molecular complexity index is 959. The van der Waals surface area contributed by atoms with E-state index in [2.05, 4.69) is 76.5 Å². The van der Waals surface area contributed by atoms with E-state index in [1.54, 1.807) is 31.3 Å². The molecule has 4 rings (SSSR count). The van der Waals surface area contributed by atoms with Crippen LogP contribution in [0.25, 0.3) is 0 Å². The number of nitrogens with zero attached hydrogens (tertiary/aromatic N) is 3. The molecule has 1 aliphatic rings. The number of fused-ring (bicyclic) bond motifs is 2. The van der Waals surface area contributed by atoms with E-state index in [-0.39, 0.29) is 0 Å². The Hall–Kier alpha value is -2.57. The lowest BCUT2D eigenvalue weighted by atomic mass is 10.0. The van der Waals surface area contributed by atoms with Crippen LogP contribution >= 0.6 is 11.8 Å². The van der Waals surface area contributed by atoms with Crippen LogP contribution < -0.4 is 10.2 Å². The second-order valence-corrected chi connectivity index (χ2v) is 8.10. The van der Waals surface area contributed by atoms with E-state index in [1.807, 2.05) is 0 Å². The second-order valence-electron chi connectivity index (χ2n) is 7.07. The van der Waals surface area contributed by atoms with Crippen LogP contribution in [0.1, 0.15) is 30.9 Å². The molecule has 0 spiro atoms. The van der Waals surface area contributed by atoms with Crippen LogP contribution in [0, 0.1) is 0 Å². The molecule has 0 radical (unpaired) electrons. The molecule has 0 amide bonds. The van der Waals surface area contributed by atoms with Crippen molar-refractivity contribution < 1.29 is 4.74 Å². The Morgan fingerprint density at radius 3 is 2.61 bits per heavy atom. The lowest BCUT2D eigenvalue weighted by molar-refractivity contribution is 0.204. The highest BCUT2D eigenvalue weighted by Gasteiger charge is 2.25. The van der Waals surface area contributed by atoms with Gasteiger partial charge >= 0.3 is 0 Å². The van der Waals surface area contributed by atoms with Gasteiger partial charge in [0, 0.05) is 36.6 Å². The summed E-state index contributed by atoms with van der Waals surface area (Å²) in [6.45, 7) is 5.61. The van der Waals surface area contributed by atoms with E-state index >= 15 is 0 Å². The van der Waals surface area contributed by atoms with Crippen LogP contribution in [0.4, 0.5) is 17.2 Å². The topological polar surface area (TPSA) is 50.3 Å². The molecule has 3 aromatic rings. The number of methoxy groups -OCH3 is 1. The molecule has 1 aliphatic heterocycles. The first-order valence-corrected chi connectivity index (χ1v) is 10.2. The second kappa shape index (κ2) is 8.20. The summed E-state index contributed by atoms with van der Waals surface area (Å²) in [5.74, 6) is 1.39. The van der Waals surface area contributed by atoms with Crippen molar-refractivity contribution in [1.82, 2.24) is 9.97 Å². The van der Waals surface area contributed by atoms with Gasteiger partial charge in [0.2, 0.25) is 0 Å². The van der Waals surface area contributed by atoms with Gasteiger partial charge in [-0.1, -0.05) is 43.8 Å². The molecule has 0 fully saturated rings. The van der Waals surface area contributed by atoms with Gasteiger partial charge < -0.3 is 10.1 Å². The zero-order valence-corrected chi connectivity index (χ0v) is 17.2. The van der Waals surface area contributed by atoms with Crippen molar-refractivity contribution in [3.05, 3.63) is 66.0 Å². The van der Waals surface area contributed by atoms with Gasteiger partial charge in [0.1, 0.15) is 11.8 Å². The third kappa shape index (κ3) is 3.84. The molecule has 6 heteroatoms. The van der Waals surface area contributed by atoms with E-state index in [1.165, 1.54) is 11.1 Å². The van der Waals surface area contributed by atoms with Crippen LogP contribution in [0.15, 0.2) is 64.8 Å². The normalized spacial score (nSPS) is 12.6. The van der Waals surface area contributed by atoms with Gasteiger partial charge in [-0.3, -0.25) is 4.90 Å². The van der Waals surface area contributed by atoms with Crippen molar-refractivity contribution in [3.63, 3.8) is 0 Å². The molecule has 0 unspecified atom stereocenters. The van der Waals surface area contributed by atoms with E-state index in [9.17, 15) is 0 Å². The van der Waals surface area contributed by atoms with E-state index in [4.69, 9.17) is 4.74 Å². The maximum absolute atomic E-state index is 5.43. The molecule has 144 valence electrons. The summed E-state index contributed by atoms with van der Waals surface area (Å²) in [5.41, 5.74) is 4.79. The number of anilines is 3. The molecule has 0 atom stereocenters. The van der Waals surface area contributed by atoms with Crippen molar-refractivity contribution in [2.24, 2.45) is 0 Å². The van der Waals surface area contributed by atoms with Gasteiger partial charge in [0.25, 0.3) is 0 Å². The number of ether oxygens (including phenoxy) is 1. The van der Waals surface area contributed by atoms with Gasteiger partial charge in [-0.15, -0.1) is 0 Å². The van der Waals surface area contributed by atoms with Crippen molar-refractivity contribution in [2.75, 3.05) is 24.1 Å². The largest absolute Gasteiger partial charge is 0.381 e. The lowest BCUT2D eigenvalue weighted by Gasteiger charge is -2.30. The Balaban J connectivity index is 1.54. The van der Waals surface area contributed by atoms with Crippen LogP contribution in [-0.4, -0.2) is 23.8 Å². The predicted octanol–water partition coefficient (Wildman–Crippen LogP) is 5.42. The van der Waals surface area contributed by atoms with E-state index in [0.717, 1.165) is 33.7 Å². The molecule has 0 saturated heterocycles. The first-order valence-electron chi connectivity index (χ1n) is 9.38. The molecule has 5 nitrogen and oxygen atoms in total. The maximum atomic E-state index is 5.43. The molecule has 0 bridgehead atoms. The zero-order valence-electron chi connectivity index (χ0n) is 16.3. The molecule has 0 saturated carbocycles. The number of hydrogen-bond donors (Lipinski definition) is 1. The fourth-order valence-electron chi connectivity index (χ4n) is 3.21. The molecule has 2 heterocycles. The minimum Gasteiger partial charge on any atom is -0.381 e. The first kappa shape index (κ1) is 18.8. The minimum atomic E-state index is 0.437. The number of aromatic nitrogens is 2. The van der Waals surface area contributed by atoms with Gasteiger partial charge in [-0.25, -0.2) is 9.97 Å². The third-order valence-electron chi connectivity index (χ3n) is 4.76. The lowest BCUT2D eigenvalue weighted by Crippen LogP contribution is -2.24. The Morgan fingerprint density at radius 1 is 1.07 bits per heavy atom. The van der Waals surface area contributed by atoms with Crippen molar-refractivity contribution in [3.8, 4) is 0 Å². The third-order valence-corrected chi connectivity index (χ3v) is 5.80. The number of nitrogens with one attached hydrogen (secondary N) is 1. The molecular weight excluding hydrogens is 368 g/mol. The van der Waals surface area contributed by atoms with Gasteiger partial charge in [-0.2, -0.15) is 0 Å². The summed E-state index contributed by atoms with van der Waals surface area (Å²) in [4.78, 5) is 12.2. The highest BCUT2D eigenvalue weighted by Crippen LogP contribution is 2.46. The van der Waals surface area contributed by atoms with Gasteiger partial charge in [0.05, 0.1) is 5.69 Å². The molecule has 1 aromatic heterocycles. The van der Waals surface area contributed by atoms with Crippen molar-refractivity contribution in [1.29, 1.82) is 0 Å². The SMILES string of the molecule is COCN1c2cc(CNc3ccc(C(C)C)cc3)ccc2Sc2nccnc21. The molecule has 2 aromatic carbocycles. The summed E-state index contributed by atoms with van der Waals surface area (Å²) in [6, 6.07) is 15.2. The fourth-order valence-corrected chi connectivity index (χ4v) is 4.20. The molecular formula is C22H24N4OS. The summed E-state index contributed by atoms with van der Waals surface area (Å²) < 4.78 is 5.43. The Labute approximate surface area is 170 Å². The molecule has 0 aliphatic carbocycles. The Morgan fingerprint density at radius 2 is 1.86 bits per heavy atom. The summed E-state index contributed by atoms with van der Waals surface area (Å²) >= 11 is 1.65. The van der Waals surface area contributed by atoms with Gasteiger partial charge in [0.15, 0.2) is 5.82 Å². The van der Waals surface area contributed by atoms with E-state index < -0.39 is 0 Å². The summed E-state index contributed by atoms with van der Waals surface area (Å²) in [6.07, 6.45) is 3.45. The minimum absolute atomic E-state index is 0.437. The average Bonchev–Trinajstić information content (AvgIpc) is 2.72. The first-order chi connectivity index (χ1) is 13.7. The predicted molar refractivity (Wildman–Crippen MR) is 114 cm³/mol. The maximum Gasteiger partial charge on any atom is 0.168 e. The molecule has 1 N–H and O–H groups in total. The Kier molecular flexibility index (Phi) is 5.50. The zero-order chi connectivity index (χ0) is 19.5. The highest BCUT2D eigenvalue weighted by molar-refractivity contribution is 7.99. The summed E-state index contributed by atoms with van der Waals surface area (Å²) in [5, 5.41) is 4.42. The van der Waals surface area contributed by atoms with Crippen LogP contribution in [0.3, 0.4) is 0 Å². The van der Waals surface area contributed by atoms with Crippen molar-refractivity contribution in [2.45, 2.75) is 36.2 Å². The summed E-state index contributed by atoms with van der Waals surface area (Å²) in [7, 11) is 1.70. The number of hydrogen-bond acceptors (Lipinski definition) is 6. The average molecular weight is 393 g/mol.